The molecule has 9 unspecified atom stereocenters. The second kappa shape index (κ2) is 22.7. The van der Waals surface area contributed by atoms with Gasteiger partial charge in [-0.2, -0.15) is 11.8 Å². The molecule has 0 bridgehead atoms. The number of aliphatic hydroxyl groups is 1. The smallest absolute Gasteiger partial charge is 0.326 e. The largest absolute Gasteiger partial charge is 0.481 e. The van der Waals surface area contributed by atoms with E-state index in [9.17, 15) is 48.6 Å². The number of carbonyl (C=O) groups excluding carboxylic acids is 6. The molecule has 0 spiro atoms. The lowest BCUT2D eigenvalue weighted by Crippen LogP contribution is -2.62. The summed E-state index contributed by atoms with van der Waals surface area (Å²) in [5.74, 6) is -7.66. The van der Waals surface area contributed by atoms with Crippen molar-refractivity contribution in [2.24, 2.45) is 17.6 Å². The molecule has 0 fully saturated rings. The van der Waals surface area contributed by atoms with Gasteiger partial charge in [0.25, 0.3) is 0 Å². The van der Waals surface area contributed by atoms with Crippen LogP contribution >= 0.6 is 11.8 Å². The third kappa shape index (κ3) is 16.2. The zero-order valence-electron chi connectivity index (χ0n) is 29.9. The molecule has 0 aliphatic heterocycles. The van der Waals surface area contributed by atoms with Crippen LogP contribution in [-0.4, -0.2) is 123 Å². The van der Waals surface area contributed by atoms with E-state index in [1.807, 2.05) is 6.92 Å². The molecule has 6 amide bonds. The van der Waals surface area contributed by atoms with Gasteiger partial charge in [-0.05, 0) is 57.5 Å². The summed E-state index contributed by atoms with van der Waals surface area (Å²) in [4.78, 5) is 100. The molecule has 286 valence electrons. The van der Waals surface area contributed by atoms with Crippen LogP contribution in [0.3, 0.4) is 0 Å². The highest BCUT2D eigenvalue weighted by molar-refractivity contribution is 7.98. The van der Waals surface area contributed by atoms with E-state index in [2.05, 4.69) is 31.9 Å². The number of rotatable bonds is 23. The highest BCUT2D eigenvalue weighted by Crippen LogP contribution is 2.09. The van der Waals surface area contributed by atoms with Crippen molar-refractivity contribution in [2.45, 2.75) is 123 Å². The summed E-state index contributed by atoms with van der Waals surface area (Å²) in [5.41, 5.74) is 5.96. The standard InChI is InChI=1S/C31H55N7O11S/c1-9-15(4)22(32)28(45)33-16(5)25(42)35-19(12-13-50-8)27(44)37-23(14(2)3)29(46)38-24(18(7)39)30(47)34-17(6)26(43)36-20(31(48)49)10-11-21(40)41/h14-20,22-24,39H,9-13,32H2,1-8H3,(H,33,45)(H,34,47)(H,35,42)(H,36,43)(H,37,44)(H,38,46)(H,40,41)(H,48,49). The SMILES string of the molecule is CCC(C)C(N)C(=O)NC(C)C(=O)NC(CCSC)C(=O)NC(C(=O)NC(C(=O)NC(C)C(=O)NC(CCC(=O)O)C(=O)O)C(C)O)C(C)C. The van der Waals surface area contributed by atoms with Gasteiger partial charge < -0.3 is 53.0 Å². The quantitative estimate of drug-likeness (QED) is 0.0547. The van der Waals surface area contributed by atoms with Crippen molar-refractivity contribution in [1.29, 1.82) is 0 Å². The first-order valence-corrected chi connectivity index (χ1v) is 17.8. The van der Waals surface area contributed by atoms with Crippen molar-refractivity contribution in [3.05, 3.63) is 0 Å². The first kappa shape index (κ1) is 46.0. The number of aliphatic carboxylic acids is 2. The molecule has 11 N–H and O–H groups in total. The molecule has 18 nitrogen and oxygen atoms in total. The highest BCUT2D eigenvalue weighted by atomic mass is 32.2. The van der Waals surface area contributed by atoms with Gasteiger partial charge in [-0.1, -0.05) is 34.1 Å². The van der Waals surface area contributed by atoms with Crippen molar-refractivity contribution >= 4 is 59.1 Å². The van der Waals surface area contributed by atoms with Crippen LogP contribution in [0.1, 0.15) is 74.1 Å². The number of carbonyl (C=O) groups is 8. The average Bonchev–Trinajstić information content (AvgIpc) is 3.03. The second-order valence-electron chi connectivity index (χ2n) is 12.5. The molecule has 0 aromatic carbocycles. The normalized spacial score (nSPS) is 16.5. The first-order chi connectivity index (χ1) is 23.2. The topological polar surface area (TPSA) is 295 Å². The molecule has 0 aliphatic rings. The Hall–Kier alpha value is -3.97. The minimum Gasteiger partial charge on any atom is -0.481 e. The Labute approximate surface area is 296 Å². The lowest BCUT2D eigenvalue weighted by Gasteiger charge is -2.29. The van der Waals surface area contributed by atoms with E-state index >= 15 is 0 Å². The van der Waals surface area contributed by atoms with E-state index < -0.39 is 115 Å². The van der Waals surface area contributed by atoms with E-state index in [0.717, 1.165) is 0 Å². The number of hydrogen-bond acceptors (Lipinski definition) is 11. The predicted octanol–water partition coefficient (Wildman–Crippen LogP) is -1.95. The lowest BCUT2D eigenvalue weighted by atomic mass is 9.99. The molecular weight excluding hydrogens is 678 g/mol. The summed E-state index contributed by atoms with van der Waals surface area (Å²) in [6, 6.07) is -8.72. The van der Waals surface area contributed by atoms with Gasteiger partial charge in [0.2, 0.25) is 35.4 Å². The minimum atomic E-state index is -1.61. The van der Waals surface area contributed by atoms with Gasteiger partial charge in [0.15, 0.2) is 0 Å². The summed E-state index contributed by atoms with van der Waals surface area (Å²) in [6.07, 6.45) is 0.209. The Morgan fingerprint density at radius 3 is 1.56 bits per heavy atom. The third-order valence-electron chi connectivity index (χ3n) is 7.88. The van der Waals surface area contributed by atoms with Gasteiger partial charge >= 0.3 is 11.9 Å². The molecule has 9 atom stereocenters. The number of amides is 6. The Morgan fingerprint density at radius 1 is 0.640 bits per heavy atom. The van der Waals surface area contributed by atoms with Gasteiger partial charge in [-0.3, -0.25) is 33.6 Å². The Morgan fingerprint density at radius 2 is 1.12 bits per heavy atom. The maximum atomic E-state index is 13.4. The van der Waals surface area contributed by atoms with Gasteiger partial charge in [0.05, 0.1) is 12.1 Å². The number of thioether (sulfide) groups is 1. The Balaban J connectivity index is 5.70. The van der Waals surface area contributed by atoms with Crippen molar-refractivity contribution in [2.75, 3.05) is 12.0 Å². The van der Waals surface area contributed by atoms with Crippen LogP contribution in [0.4, 0.5) is 0 Å². The predicted molar refractivity (Wildman–Crippen MR) is 184 cm³/mol. The molecular formula is C31H55N7O11S. The molecule has 0 heterocycles. The monoisotopic (exact) mass is 733 g/mol. The van der Waals surface area contributed by atoms with Crippen LogP contribution in [0.15, 0.2) is 0 Å². The number of nitrogens with two attached hydrogens (primary N) is 1. The zero-order valence-corrected chi connectivity index (χ0v) is 30.7. The van der Waals surface area contributed by atoms with Gasteiger partial charge in [-0.15, -0.1) is 0 Å². The van der Waals surface area contributed by atoms with E-state index in [1.54, 1.807) is 27.0 Å². The molecule has 0 saturated carbocycles. The maximum Gasteiger partial charge on any atom is 0.326 e. The summed E-state index contributed by atoms with van der Waals surface area (Å²) in [5, 5.41) is 42.9. The summed E-state index contributed by atoms with van der Waals surface area (Å²) in [6.45, 7) is 10.8. The van der Waals surface area contributed by atoms with Crippen molar-refractivity contribution < 1.29 is 53.7 Å². The Kier molecular flexibility index (Phi) is 20.9. The summed E-state index contributed by atoms with van der Waals surface area (Å²) >= 11 is 1.41. The zero-order chi connectivity index (χ0) is 38.9. The van der Waals surface area contributed by atoms with Crippen LogP contribution in [0.2, 0.25) is 0 Å². The molecule has 0 rings (SSSR count). The van der Waals surface area contributed by atoms with E-state index in [4.69, 9.17) is 10.8 Å². The van der Waals surface area contributed by atoms with Crippen LogP contribution in [0.25, 0.3) is 0 Å². The van der Waals surface area contributed by atoms with Gasteiger partial charge in [0.1, 0.15) is 36.3 Å². The fourth-order valence-electron chi connectivity index (χ4n) is 4.32. The highest BCUT2D eigenvalue weighted by Gasteiger charge is 2.35. The lowest BCUT2D eigenvalue weighted by molar-refractivity contribution is -0.143. The third-order valence-corrected chi connectivity index (χ3v) is 8.52. The minimum absolute atomic E-state index is 0.125. The van der Waals surface area contributed by atoms with Gasteiger partial charge in [-0.25, -0.2) is 4.79 Å². The number of nitrogens with one attached hydrogen (secondary N) is 6. The van der Waals surface area contributed by atoms with Crippen LogP contribution in [0, 0.1) is 11.8 Å². The average molecular weight is 734 g/mol. The molecule has 50 heavy (non-hydrogen) atoms. The van der Waals surface area contributed by atoms with E-state index in [0.29, 0.717) is 12.2 Å². The number of hydrogen-bond donors (Lipinski definition) is 10. The van der Waals surface area contributed by atoms with Crippen LogP contribution < -0.4 is 37.6 Å². The molecule has 0 aromatic rings. The van der Waals surface area contributed by atoms with Crippen LogP contribution in [0.5, 0.6) is 0 Å². The molecule has 0 radical (unpaired) electrons. The molecule has 0 aromatic heterocycles. The van der Waals surface area contributed by atoms with Crippen LogP contribution in [-0.2, 0) is 38.4 Å². The second-order valence-corrected chi connectivity index (χ2v) is 13.5. The first-order valence-electron chi connectivity index (χ1n) is 16.4. The Bertz CT molecular complexity index is 1200. The maximum absolute atomic E-state index is 13.4. The fraction of sp³-hybridized carbons (Fsp3) is 0.742. The van der Waals surface area contributed by atoms with Crippen molar-refractivity contribution in [1.82, 2.24) is 31.9 Å². The summed E-state index contributed by atoms with van der Waals surface area (Å²) < 4.78 is 0. The number of carboxylic acids is 2. The summed E-state index contributed by atoms with van der Waals surface area (Å²) in [7, 11) is 0. The van der Waals surface area contributed by atoms with E-state index in [-0.39, 0.29) is 12.3 Å². The van der Waals surface area contributed by atoms with Crippen molar-refractivity contribution in [3.8, 4) is 0 Å². The fourth-order valence-corrected chi connectivity index (χ4v) is 4.79. The molecule has 19 heteroatoms. The van der Waals surface area contributed by atoms with Crippen molar-refractivity contribution in [3.63, 3.8) is 0 Å². The van der Waals surface area contributed by atoms with E-state index in [1.165, 1.54) is 32.5 Å². The van der Waals surface area contributed by atoms with Gasteiger partial charge in [0, 0.05) is 6.42 Å². The number of aliphatic hydroxyl groups excluding tert-OH is 1. The number of carboxylic acid groups (broad SMARTS) is 2. The molecule has 0 saturated heterocycles. The molecule has 0 aliphatic carbocycles.